The van der Waals surface area contributed by atoms with E-state index in [1.165, 1.54) is 22.9 Å². The molecule has 0 atom stereocenters. The Labute approximate surface area is 116 Å². The molecule has 7 heteroatoms. The molecule has 3 N–H and O–H groups in total. The largest absolute Gasteiger partial charge is 0.382 e. The van der Waals surface area contributed by atoms with Crippen LogP contribution in [0.15, 0.2) is 30.5 Å². The molecule has 2 aromatic rings. The molecule has 0 spiro atoms. The highest BCUT2D eigenvalue weighted by atomic mass is 127. The predicted molar refractivity (Wildman–Crippen MR) is 74.4 cm³/mol. The Morgan fingerprint density at radius 1 is 1.50 bits per heavy atom. The molecule has 0 saturated heterocycles. The second-order valence-electron chi connectivity index (χ2n) is 3.61. The molecular formula is C11H10FIN4O. The number of carbonyl (C=O) groups is 1. The molecule has 94 valence electrons. The van der Waals surface area contributed by atoms with Crippen molar-refractivity contribution >= 4 is 40.0 Å². The average molecular weight is 360 g/mol. The summed E-state index contributed by atoms with van der Waals surface area (Å²) in [5.41, 5.74) is 6.01. The lowest BCUT2D eigenvalue weighted by molar-refractivity contribution is -0.116. The molecule has 1 amide bonds. The number of benzene rings is 1. The smallest absolute Gasteiger partial charge is 0.246 e. The van der Waals surface area contributed by atoms with Gasteiger partial charge in [-0.3, -0.25) is 9.48 Å². The van der Waals surface area contributed by atoms with Gasteiger partial charge in [0.2, 0.25) is 5.91 Å². The Bertz CT molecular complexity index is 584. The lowest BCUT2D eigenvalue weighted by Gasteiger charge is -2.07. The van der Waals surface area contributed by atoms with Gasteiger partial charge in [-0.1, -0.05) is 0 Å². The Balaban J connectivity index is 2.03. The van der Waals surface area contributed by atoms with E-state index in [2.05, 4.69) is 10.4 Å². The van der Waals surface area contributed by atoms with Crippen molar-refractivity contribution in [3.63, 3.8) is 0 Å². The van der Waals surface area contributed by atoms with Crippen molar-refractivity contribution in [1.82, 2.24) is 9.78 Å². The van der Waals surface area contributed by atoms with Crippen LogP contribution in [0.25, 0.3) is 0 Å². The molecule has 0 saturated carbocycles. The number of carbonyl (C=O) groups excluding carboxylic acids is 1. The minimum absolute atomic E-state index is 0.0602. The predicted octanol–water partition coefficient (Wildman–Crippen LogP) is 1.85. The maximum absolute atomic E-state index is 12.9. The summed E-state index contributed by atoms with van der Waals surface area (Å²) in [6, 6.07) is 5.77. The van der Waals surface area contributed by atoms with Gasteiger partial charge in [-0.25, -0.2) is 4.39 Å². The number of hydrogen-bond donors (Lipinski definition) is 2. The van der Waals surface area contributed by atoms with E-state index in [-0.39, 0.29) is 18.3 Å². The molecule has 5 nitrogen and oxygen atoms in total. The van der Waals surface area contributed by atoms with E-state index in [0.29, 0.717) is 15.1 Å². The van der Waals surface area contributed by atoms with Crippen molar-refractivity contribution in [2.24, 2.45) is 0 Å². The van der Waals surface area contributed by atoms with E-state index in [1.807, 2.05) is 22.6 Å². The first-order valence-corrected chi connectivity index (χ1v) is 6.16. The highest BCUT2D eigenvalue weighted by Crippen LogP contribution is 2.18. The van der Waals surface area contributed by atoms with Crippen molar-refractivity contribution in [2.75, 3.05) is 11.1 Å². The molecule has 0 radical (unpaired) electrons. The van der Waals surface area contributed by atoms with Crippen LogP contribution in [-0.4, -0.2) is 15.7 Å². The van der Waals surface area contributed by atoms with Crippen molar-refractivity contribution < 1.29 is 9.18 Å². The van der Waals surface area contributed by atoms with Gasteiger partial charge in [0.05, 0.1) is 5.69 Å². The lowest BCUT2D eigenvalue weighted by Crippen LogP contribution is -2.19. The third kappa shape index (κ3) is 3.19. The van der Waals surface area contributed by atoms with Gasteiger partial charge in [0, 0.05) is 9.77 Å². The van der Waals surface area contributed by atoms with Gasteiger partial charge in [-0.15, -0.1) is 0 Å². The van der Waals surface area contributed by atoms with Crippen LogP contribution in [0.1, 0.15) is 0 Å². The van der Waals surface area contributed by atoms with E-state index >= 15 is 0 Å². The van der Waals surface area contributed by atoms with Gasteiger partial charge in [0.15, 0.2) is 0 Å². The Hall–Kier alpha value is -1.64. The Kier molecular flexibility index (Phi) is 3.80. The first kappa shape index (κ1) is 12.8. The van der Waals surface area contributed by atoms with E-state index in [1.54, 1.807) is 12.3 Å². The summed E-state index contributed by atoms with van der Waals surface area (Å²) in [5.74, 6) is -0.223. The summed E-state index contributed by atoms with van der Waals surface area (Å²) in [6.45, 7) is 0.0602. The summed E-state index contributed by atoms with van der Waals surface area (Å²) >= 11 is 1.96. The van der Waals surface area contributed by atoms with Crippen LogP contribution in [0.2, 0.25) is 0 Å². The summed E-state index contributed by atoms with van der Waals surface area (Å²) in [5, 5.41) is 6.58. The third-order valence-electron chi connectivity index (χ3n) is 2.17. The van der Waals surface area contributed by atoms with Crippen molar-refractivity contribution in [1.29, 1.82) is 0 Å². The number of amides is 1. The van der Waals surface area contributed by atoms with E-state index in [0.717, 1.165) is 0 Å². The van der Waals surface area contributed by atoms with Crippen LogP contribution >= 0.6 is 22.6 Å². The highest BCUT2D eigenvalue weighted by molar-refractivity contribution is 14.1. The minimum atomic E-state index is -0.336. The quantitative estimate of drug-likeness (QED) is 0.821. The number of hydrogen-bond acceptors (Lipinski definition) is 3. The number of halogens is 2. The molecule has 18 heavy (non-hydrogen) atoms. The maximum atomic E-state index is 12.9. The van der Waals surface area contributed by atoms with Crippen LogP contribution < -0.4 is 11.1 Å². The molecule has 2 rings (SSSR count). The van der Waals surface area contributed by atoms with Crippen molar-refractivity contribution in [3.05, 3.63) is 39.8 Å². The monoisotopic (exact) mass is 360 g/mol. The maximum Gasteiger partial charge on any atom is 0.246 e. The number of anilines is 2. The SMILES string of the molecule is Nc1ccn(CC(=O)Nc2ccc(F)cc2I)n1. The Morgan fingerprint density at radius 3 is 2.89 bits per heavy atom. The highest BCUT2D eigenvalue weighted by Gasteiger charge is 2.07. The Morgan fingerprint density at radius 2 is 2.28 bits per heavy atom. The summed E-state index contributed by atoms with van der Waals surface area (Å²) in [7, 11) is 0. The standard InChI is InChI=1S/C11H10FIN4O/c12-7-1-2-9(8(13)5-7)15-11(18)6-17-4-3-10(14)16-17/h1-5H,6H2,(H2,14,16)(H,15,18). The van der Waals surface area contributed by atoms with Gasteiger partial charge in [-0.05, 0) is 46.9 Å². The van der Waals surface area contributed by atoms with Crippen LogP contribution in [0.4, 0.5) is 15.9 Å². The molecule has 0 aliphatic heterocycles. The first-order chi connectivity index (χ1) is 8.54. The number of nitrogens with one attached hydrogen (secondary N) is 1. The normalized spacial score (nSPS) is 10.3. The zero-order valence-corrected chi connectivity index (χ0v) is 11.4. The molecule has 0 bridgehead atoms. The molecule has 1 aromatic carbocycles. The van der Waals surface area contributed by atoms with Crippen LogP contribution in [0.3, 0.4) is 0 Å². The number of nitrogen functional groups attached to an aromatic ring is 1. The summed E-state index contributed by atoms with van der Waals surface area (Å²) < 4.78 is 15.0. The zero-order chi connectivity index (χ0) is 13.1. The van der Waals surface area contributed by atoms with Crippen molar-refractivity contribution in [3.8, 4) is 0 Å². The minimum Gasteiger partial charge on any atom is -0.382 e. The van der Waals surface area contributed by atoms with E-state index < -0.39 is 0 Å². The van der Waals surface area contributed by atoms with Crippen LogP contribution in [0, 0.1) is 9.39 Å². The number of aromatic nitrogens is 2. The van der Waals surface area contributed by atoms with Crippen molar-refractivity contribution in [2.45, 2.75) is 6.54 Å². The topological polar surface area (TPSA) is 72.9 Å². The average Bonchev–Trinajstić information content (AvgIpc) is 2.68. The molecule has 0 aliphatic rings. The van der Waals surface area contributed by atoms with Crippen LogP contribution in [-0.2, 0) is 11.3 Å². The summed E-state index contributed by atoms with van der Waals surface area (Å²) in [4.78, 5) is 11.7. The fourth-order valence-corrected chi connectivity index (χ4v) is 2.01. The number of nitrogens with two attached hydrogens (primary N) is 1. The molecule has 1 aromatic heterocycles. The molecular weight excluding hydrogens is 350 g/mol. The molecule has 1 heterocycles. The van der Waals surface area contributed by atoms with E-state index in [4.69, 9.17) is 5.73 Å². The van der Waals surface area contributed by atoms with Gasteiger partial charge >= 0.3 is 0 Å². The zero-order valence-electron chi connectivity index (χ0n) is 9.23. The second kappa shape index (κ2) is 5.34. The molecule has 0 aliphatic carbocycles. The lowest BCUT2D eigenvalue weighted by atomic mass is 10.3. The van der Waals surface area contributed by atoms with Gasteiger partial charge < -0.3 is 11.1 Å². The third-order valence-corrected chi connectivity index (χ3v) is 3.06. The first-order valence-electron chi connectivity index (χ1n) is 5.08. The van der Waals surface area contributed by atoms with Gasteiger partial charge in [0.1, 0.15) is 18.2 Å². The second-order valence-corrected chi connectivity index (χ2v) is 4.77. The molecule has 0 fully saturated rings. The fourth-order valence-electron chi connectivity index (χ4n) is 1.39. The number of rotatable bonds is 3. The van der Waals surface area contributed by atoms with Gasteiger partial charge in [0.25, 0.3) is 0 Å². The summed E-state index contributed by atoms with van der Waals surface area (Å²) in [6.07, 6.45) is 1.62. The fraction of sp³-hybridized carbons (Fsp3) is 0.0909. The molecule has 0 unspecified atom stereocenters. The number of nitrogens with zero attached hydrogens (tertiary/aromatic N) is 2. The van der Waals surface area contributed by atoms with Crippen LogP contribution in [0.5, 0.6) is 0 Å². The van der Waals surface area contributed by atoms with Gasteiger partial charge in [-0.2, -0.15) is 5.10 Å². The van der Waals surface area contributed by atoms with E-state index in [9.17, 15) is 9.18 Å².